The number of esters is 1. The van der Waals surface area contributed by atoms with Gasteiger partial charge in [0.15, 0.2) is 0 Å². The maximum Gasteiger partial charge on any atom is 0.306 e. The fourth-order valence-corrected chi connectivity index (χ4v) is 3.93. The van der Waals surface area contributed by atoms with Crippen molar-refractivity contribution >= 4 is 5.97 Å². The molecule has 4 heteroatoms. The summed E-state index contributed by atoms with van der Waals surface area (Å²) in [5.74, 6) is -0.0916. The van der Waals surface area contributed by atoms with Gasteiger partial charge < -0.3 is 4.74 Å². The Kier molecular flexibility index (Phi) is 6.28. The normalized spacial score (nSPS) is 21.7. The molecule has 4 nitrogen and oxygen atoms in total. The van der Waals surface area contributed by atoms with Crippen LogP contribution in [0.2, 0.25) is 0 Å². The average molecular weight is 347 g/mol. The molecule has 2 rings (SSSR count). The van der Waals surface area contributed by atoms with Gasteiger partial charge >= 0.3 is 5.97 Å². The predicted octanol–water partition coefficient (Wildman–Crippen LogP) is 5.04. The fourth-order valence-electron chi connectivity index (χ4n) is 3.93. The number of hydrogen-bond donors (Lipinski definition) is 0. The molecular weight excluding hydrogens is 314 g/mol. The Morgan fingerprint density at radius 3 is 2.24 bits per heavy atom. The molecule has 1 aliphatic heterocycles. The summed E-state index contributed by atoms with van der Waals surface area (Å²) in [6, 6.07) is 10.3. The van der Waals surface area contributed by atoms with E-state index in [-0.39, 0.29) is 29.3 Å². The van der Waals surface area contributed by atoms with E-state index in [0.717, 1.165) is 24.8 Å². The number of hydroxylamine groups is 2. The van der Waals surface area contributed by atoms with Crippen molar-refractivity contribution in [2.24, 2.45) is 0 Å². The number of rotatable bonds is 6. The molecule has 0 amide bonds. The van der Waals surface area contributed by atoms with E-state index >= 15 is 0 Å². The van der Waals surface area contributed by atoms with Crippen LogP contribution >= 0.6 is 0 Å². The Morgan fingerprint density at radius 1 is 1.16 bits per heavy atom. The van der Waals surface area contributed by atoms with Crippen molar-refractivity contribution in [2.75, 3.05) is 0 Å². The summed E-state index contributed by atoms with van der Waals surface area (Å²) < 4.78 is 5.72. The average Bonchev–Trinajstić information content (AvgIpc) is 2.51. The summed E-state index contributed by atoms with van der Waals surface area (Å²) in [4.78, 5) is 18.3. The molecule has 1 aromatic carbocycles. The van der Waals surface area contributed by atoms with E-state index in [0.29, 0.717) is 6.42 Å². The lowest BCUT2D eigenvalue weighted by Gasteiger charge is -2.54. The van der Waals surface area contributed by atoms with Crippen LogP contribution in [0.1, 0.15) is 78.9 Å². The number of benzene rings is 1. The molecule has 1 saturated heterocycles. The lowest BCUT2D eigenvalue weighted by molar-refractivity contribution is -0.314. The van der Waals surface area contributed by atoms with Crippen LogP contribution in [0.5, 0.6) is 0 Å². The van der Waals surface area contributed by atoms with Crippen LogP contribution in [0.4, 0.5) is 0 Å². The van der Waals surface area contributed by atoms with Crippen LogP contribution in [0.25, 0.3) is 0 Å². The molecule has 1 aromatic rings. The summed E-state index contributed by atoms with van der Waals surface area (Å²) in [7, 11) is 0. The summed E-state index contributed by atoms with van der Waals surface area (Å²) in [6.07, 6.45) is 2.76. The summed E-state index contributed by atoms with van der Waals surface area (Å²) in [6.45, 7) is 12.7. The van der Waals surface area contributed by atoms with Gasteiger partial charge in [-0.1, -0.05) is 37.3 Å². The first-order valence-corrected chi connectivity index (χ1v) is 9.37. The molecule has 1 unspecified atom stereocenters. The zero-order valence-corrected chi connectivity index (χ0v) is 16.5. The molecule has 0 aromatic heterocycles. The fraction of sp³-hybridized carbons (Fsp3) is 0.667. The van der Waals surface area contributed by atoms with Crippen LogP contribution in [0.15, 0.2) is 30.3 Å². The number of ether oxygens (including phenoxy) is 1. The molecule has 1 atom stereocenters. The number of hydrogen-bond acceptors (Lipinski definition) is 4. The second kappa shape index (κ2) is 7.88. The van der Waals surface area contributed by atoms with Crippen LogP contribution in [-0.2, 0) is 14.4 Å². The monoisotopic (exact) mass is 347 g/mol. The van der Waals surface area contributed by atoms with E-state index in [1.54, 1.807) is 0 Å². The Morgan fingerprint density at radius 2 is 1.72 bits per heavy atom. The minimum atomic E-state index is -0.220. The molecule has 25 heavy (non-hydrogen) atoms. The van der Waals surface area contributed by atoms with Crippen molar-refractivity contribution in [3.63, 3.8) is 0 Å². The van der Waals surface area contributed by atoms with E-state index in [4.69, 9.17) is 9.57 Å². The van der Waals surface area contributed by atoms with Crippen LogP contribution in [0.3, 0.4) is 0 Å². The zero-order valence-electron chi connectivity index (χ0n) is 16.5. The zero-order chi connectivity index (χ0) is 18.7. The van der Waals surface area contributed by atoms with E-state index in [2.05, 4.69) is 51.8 Å². The van der Waals surface area contributed by atoms with Gasteiger partial charge in [-0.2, -0.15) is 5.06 Å². The third-order valence-corrected chi connectivity index (χ3v) is 4.84. The van der Waals surface area contributed by atoms with Crippen LogP contribution in [-0.4, -0.2) is 28.2 Å². The van der Waals surface area contributed by atoms with E-state index in [1.165, 1.54) is 0 Å². The summed E-state index contributed by atoms with van der Waals surface area (Å²) in [5.41, 5.74) is 0.717. The molecule has 1 heterocycles. The Balaban J connectivity index is 2.10. The van der Waals surface area contributed by atoms with Gasteiger partial charge in [0.25, 0.3) is 0 Å². The summed E-state index contributed by atoms with van der Waals surface area (Å²) in [5, 5.41) is 2.11. The van der Waals surface area contributed by atoms with Gasteiger partial charge in [-0.05, 0) is 46.6 Å². The topological polar surface area (TPSA) is 38.8 Å². The van der Waals surface area contributed by atoms with E-state index in [9.17, 15) is 4.79 Å². The smallest absolute Gasteiger partial charge is 0.306 e. The molecule has 0 saturated carbocycles. The molecular formula is C21H33NO3. The van der Waals surface area contributed by atoms with Crippen molar-refractivity contribution < 1.29 is 14.4 Å². The molecule has 0 bridgehead atoms. The maximum atomic E-state index is 11.9. The van der Waals surface area contributed by atoms with Gasteiger partial charge in [0.2, 0.25) is 0 Å². The quantitative estimate of drug-likeness (QED) is 0.676. The number of carbonyl (C=O) groups is 1. The number of piperidine rings is 1. The summed E-state index contributed by atoms with van der Waals surface area (Å²) >= 11 is 0. The van der Waals surface area contributed by atoms with Gasteiger partial charge in [0, 0.05) is 30.3 Å². The van der Waals surface area contributed by atoms with Crippen molar-refractivity contribution in [3.05, 3.63) is 35.9 Å². The highest BCUT2D eigenvalue weighted by molar-refractivity contribution is 5.69. The lowest BCUT2D eigenvalue weighted by atomic mass is 9.80. The minimum Gasteiger partial charge on any atom is -0.462 e. The third-order valence-electron chi connectivity index (χ3n) is 4.84. The van der Waals surface area contributed by atoms with Gasteiger partial charge in [0.1, 0.15) is 12.2 Å². The van der Waals surface area contributed by atoms with Crippen molar-refractivity contribution in [1.82, 2.24) is 5.06 Å². The standard InChI is InChI=1S/C21H33NO3/c1-7-11-19(23)24-18-14-20(3,4)22(21(5,6)15-18)25-16(2)17-12-9-8-10-13-17/h8-10,12-13,16,18H,7,11,14-15H2,1-6H3. The van der Waals surface area contributed by atoms with Crippen LogP contribution in [0, 0.1) is 0 Å². The second-order valence-corrected chi connectivity index (χ2v) is 8.35. The van der Waals surface area contributed by atoms with Gasteiger partial charge in [-0.3, -0.25) is 9.63 Å². The van der Waals surface area contributed by atoms with Crippen molar-refractivity contribution in [1.29, 1.82) is 0 Å². The minimum absolute atomic E-state index is 0.0288. The third kappa shape index (κ3) is 5.05. The van der Waals surface area contributed by atoms with Crippen LogP contribution < -0.4 is 0 Å². The predicted molar refractivity (Wildman–Crippen MR) is 100.0 cm³/mol. The van der Waals surface area contributed by atoms with E-state index in [1.807, 2.05) is 25.1 Å². The first-order valence-electron chi connectivity index (χ1n) is 9.37. The highest BCUT2D eigenvalue weighted by atomic mass is 16.7. The molecule has 0 N–H and O–H groups in total. The van der Waals surface area contributed by atoms with Gasteiger partial charge in [0.05, 0.1) is 0 Å². The largest absolute Gasteiger partial charge is 0.462 e. The Hall–Kier alpha value is -1.39. The van der Waals surface area contributed by atoms with Gasteiger partial charge in [-0.25, -0.2) is 0 Å². The molecule has 140 valence electrons. The molecule has 1 fully saturated rings. The SMILES string of the molecule is CCCC(=O)OC1CC(C)(C)N(OC(C)c2ccccc2)C(C)(C)C1. The molecule has 0 aliphatic carbocycles. The Labute approximate surface area is 152 Å². The number of nitrogens with zero attached hydrogens (tertiary/aromatic N) is 1. The lowest BCUT2D eigenvalue weighted by Crippen LogP contribution is -2.62. The van der Waals surface area contributed by atoms with Crippen molar-refractivity contribution in [2.45, 2.75) is 90.5 Å². The second-order valence-electron chi connectivity index (χ2n) is 8.35. The first-order chi connectivity index (χ1) is 11.7. The highest BCUT2D eigenvalue weighted by Crippen LogP contribution is 2.41. The Bertz CT molecular complexity index is 550. The molecule has 1 aliphatic rings. The molecule has 0 radical (unpaired) electrons. The van der Waals surface area contributed by atoms with E-state index < -0.39 is 0 Å². The number of carbonyl (C=O) groups excluding carboxylic acids is 1. The molecule has 0 spiro atoms. The highest BCUT2D eigenvalue weighted by Gasteiger charge is 2.48. The van der Waals surface area contributed by atoms with Gasteiger partial charge in [-0.15, -0.1) is 0 Å². The first kappa shape index (κ1) is 19.9. The van der Waals surface area contributed by atoms with Crippen molar-refractivity contribution in [3.8, 4) is 0 Å². The maximum absolute atomic E-state index is 11.9.